The van der Waals surface area contributed by atoms with Crippen molar-refractivity contribution < 1.29 is 13.2 Å². The van der Waals surface area contributed by atoms with E-state index in [-0.39, 0.29) is 4.90 Å². The van der Waals surface area contributed by atoms with Gasteiger partial charge in [0.2, 0.25) is 0 Å². The molecule has 4 nitrogen and oxygen atoms in total. The van der Waals surface area contributed by atoms with Crippen molar-refractivity contribution in [1.82, 2.24) is 0 Å². The number of methoxy groups -OCH3 is 1. The minimum absolute atomic E-state index is 0.261. The number of rotatable bonds is 7. The number of anilines is 1. The Morgan fingerprint density at radius 3 is 2.30 bits per heavy atom. The second-order valence-electron chi connectivity index (χ2n) is 5.94. The third-order valence-electron chi connectivity index (χ3n) is 3.44. The lowest BCUT2D eigenvalue weighted by Gasteiger charge is -2.13. The van der Waals surface area contributed by atoms with E-state index < -0.39 is 10.0 Å². The summed E-state index contributed by atoms with van der Waals surface area (Å²) in [6.07, 6.45) is 0.935. The molecule has 0 aromatic heterocycles. The van der Waals surface area contributed by atoms with Gasteiger partial charge in [-0.3, -0.25) is 4.72 Å². The molecule has 0 atom stereocenters. The van der Waals surface area contributed by atoms with Gasteiger partial charge < -0.3 is 4.74 Å². The highest BCUT2D eigenvalue weighted by atomic mass is 32.2. The molecular formula is C18H23NO3S. The van der Waals surface area contributed by atoms with E-state index in [1.807, 2.05) is 24.3 Å². The van der Waals surface area contributed by atoms with E-state index >= 15 is 0 Å². The molecule has 0 bridgehead atoms. The minimum atomic E-state index is -3.60. The summed E-state index contributed by atoms with van der Waals surface area (Å²) in [7, 11) is -2.02. The Kier molecular flexibility index (Phi) is 5.80. The van der Waals surface area contributed by atoms with E-state index in [0.29, 0.717) is 18.2 Å². The number of nitrogens with one attached hydrogen (secondary N) is 1. The number of ether oxygens (including phenoxy) is 1. The molecule has 2 aromatic carbocycles. The molecule has 0 aliphatic rings. The first-order valence-electron chi connectivity index (χ1n) is 7.61. The number of hydrogen-bond donors (Lipinski definition) is 1. The molecule has 5 heteroatoms. The molecular weight excluding hydrogens is 310 g/mol. The van der Waals surface area contributed by atoms with Crippen molar-refractivity contribution in [3.8, 4) is 0 Å². The normalized spacial score (nSPS) is 11.7. The van der Waals surface area contributed by atoms with Crippen molar-refractivity contribution in [2.24, 2.45) is 5.92 Å². The molecule has 0 spiro atoms. The first-order valence-corrected chi connectivity index (χ1v) is 9.09. The second kappa shape index (κ2) is 7.62. The Morgan fingerprint density at radius 1 is 1.04 bits per heavy atom. The molecule has 0 saturated carbocycles. The largest absolute Gasteiger partial charge is 0.380 e. The fraction of sp³-hybridized carbons (Fsp3) is 0.333. The Morgan fingerprint density at radius 2 is 1.70 bits per heavy atom. The van der Waals surface area contributed by atoms with E-state index in [2.05, 4.69) is 18.6 Å². The molecule has 2 rings (SSSR count). The standard InChI is InChI=1S/C18H23NO3S/c1-14(2)12-15-8-10-17(11-9-15)23(20,21)19-18-7-5-4-6-16(18)13-22-3/h4-11,14,19H,12-13H2,1-3H3. The lowest BCUT2D eigenvalue weighted by molar-refractivity contribution is 0.185. The van der Waals surface area contributed by atoms with Crippen LogP contribution < -0.4 is 4.72 Å². The highest BCUT2D eigenvalue weighted by Gasteiger charge is 2.15. The van der Waals surface area contributed by atoms with Crippen LogP contribution in [0.25, 0.3) is 0 Å². The summed E-state index contributed by atoms with van der Waals surface area (Å²) in [5.41, 5.74) is 2.48. The van der Waals surface area contributed by atoms with Gasteiger partial charge in [0.05, 0.1) is 17.2 Å². The van der Waals surface area contributed by atoms with Gasteiger partial charge in [0.25, 0.3) is 10.0 Å². The molecule has 0 aliphatic carbocycles. The van der Waals surface area contributed by atoms with Crippen molar-refractivity contribution in [1.29, 1.82) is 0 Å². The second-order valence-corrected chi connectivity index (χ2v) is 7.62. The van der Waals surface area contributed by atoms with Gasteiger partial charge in [0.1, 0.15) is 0 Å². The smallest absolute Gasteiger partial charge is 0.261 e. The molecule has 0 radical (unpaired) electrons. The molecule has 0 aliphatic heterocycles. The highest BCUT2D eigenvalue weighted by molar-refractivity contribution is 7.92. The number of sulfonamides is 1. The summed E-state index contributed by atoms with van der Waals surface area (Å²) in [6.45, 7) is 4.63. The van der Waals surface area contributed by atoms with Crippen LogP contribution in [0.1, 0.15) is 25.0 Å². The third-order valence-corrected chi connectivity index (χ3v) is 4.82. The fourth-order valence-electron chi connectivity index (χ4n) is 2.38. The summed E-state index contributed by atoms with van der Waals surface area (Å²) in [6, 6.07) is 14.3. The van der Waals surface area contributed by atoms with Crippen LogP contribution in [0.2, 0.25) is 0 Å². The molecule has 0 amide bonds. The zero-order valence-corrected chi connectivity index (χ0v) is 14.6. The maximum absolute atomic E-state index is 12.5. The van der Waals surface area contributed by atoms with E-state index in [0.717, 1.165) is 17.5 Å². The zero-order valence-electron chi connectivity index (χ0n) is 13.7. The van der Waals surface area contributed by atoms with Gasteiger partial charge in [0, 0.05) is 12.7 Å². The van der Waals surface area contributed by atoms with E-state index in [4.69, 9.17) is 4.74 Å². The molecule has 23 heavy (non-hydrogen) atoms. The third kappa shape index (κ3) is 4.81. The zero-order chi connectivity index (χ0) is 16.9. The lowest BCUT2D eigenvalue weighted by Crippen LogP contribution is -2.14. The fourth-order valence-corrected chi connectivity index (χ4v) is 3.48. The average Bonchev–Trinajstić information content (AvgIpc) is 2.49. The van der Waals surface area contributed by atoms with Crippen LogP contribution in [0.5, 0.6) is 0 Å². The summed E-state index contributed by atoms with van der Waals surface area (Å²) in [4.78, 5) is 0.261. The Balaban J connectivity index is 2.22. The van der Waals surface area contributed by atoms with Crippen LogP contribution in [0.15, 0.2) is 53.4 Å². The first kappa shape index (κ1) is 17.5. The molecule has 124 valence electrons. The van der Waals surface area contributed by atoms with Crippen LogP contribution >= 0.6 is 0 Å². The van der Waals surface area contributed by atoms with Crippen molar-refractivity contribution in [3.05, 3.63) is 59.7 Å². The van der Waals surface area contributed by atoms with Gasteiger partial charge in [-0.15, -0.1) is 0 Å². The van der Waals surface area contributed by atoms with Crippen LogP contribution in [-0.2, 0) is 27.8 Å². The summed E-state index contributed by atoms with van der Waals surface area (Å²) in [5, 5.41) is 0. The van der Waals surface area contributed by atoms with Gasteiger partial charge in [0.15, 0.2) is 0 Å². The predicted molar refractivity (Wildman–Crippen MR) is 92.9 cm³/mol. The molecule has 0 fully saturated rings. The van der Waals surface area contributed by atoms with Crippen molar-refractivity contribution >= 4 is 15.7 Å². The molecule has 0 saturated heterocycles. The predicted octanol–water partition coefficient (Wildman–Crippen LogP) is 3.83. The van der Waals surface area contributed by atoms with Gasteiger partial charge in [-0.1, -0.05) is 44.2 Å². The Bertz CT molecular complexity index is 737. The summed E-state index contributed by atoms with van der Waals surface area (Å²) >= 11 is 0. The monoisotopic (exact) mass is 333 g/mol. The van der Waals surface area contributed by atoms with Crippen molar-refractivity contribution in [2.45, 2.75) is 31.8 Å². The van der Waals surface area contributed by atoms with E-state index in [1.165, 1.54) is 0 Å². The molecule has 0 heterocycles. The first-order chi connectivity index (χ1) is 10.9. The average molecular weight is 333 g/mol. The van der Waals surface area contributed by atoms with Crippen LogP contribution in [0, 0.1) is 5.92 Å². The van der Waals surface area contributed by atoms with Gasteiger partial charge in [-0.25, -0.2) is 8.42 Å². The summed E-state index contributed by atoms with van der Waals surface area (Å²) < 4.78 is 32.8. The van der Waals surface area contributed by atoms with Gasteiger partial charge in [-0.05, 0) is 36.1 Å². The van der Waals surface area contributed by atoms with Crippen molar-refractivity contribution in [2.75, 3.05) is 11.8 Å². The Hall–Kier alpha value is -1.85. The maximum Gasteiger partial charge on any atom is 0.261 e. The lowest BCUT2D eigenvalue weighted by atomic mass is 10.0. The SMILES string of the molecule is COCc1ccccc1NS(=O)(=O)c1ccc(CC(C)C)cc1. The van der Waals surface area contributed by atoms with Gasteiger partial charge >= 0.3 is 0 Å². The summed E-state index contributed by atoms with van der Waals surface area (Å²) in [5.74, 6) is 0.538. The molecule has 1 N–H and O–H groups in total. The Labute approximate surface area is 138 Å². The number of para-hydroxylation sites is 1. The van der Waals surface area contributed by atoms with E-state index in [9.17, 15) is 8.42 Å². The molecule has 2 aromatic rings. The number of hydrogen-bond acceptors (Lipinski definition) is 3. The van der Waals surface area contributed by atoms with Crippen LogP contribution in [0.4, 0.5) is 5.69 Å². The van der Waals surface area contributed by atoms with Crippen LogP contribution in [0.3, 0.4) is 0 Å². The van der Waals surface area contributed by atoms with E-state index in [1.54, 1.807) is 31.4 Å². The highest BCUT2D eigenvalue weighted by Crippen LogP contribution is 2.21. The quantitative estimate of drug-likeness (QED) is 0.838. The topological polar surface area (TPSA) is 55.4 Å². The van der Waals surface area contributed by atoms with Crippen LogP contribution in [-0.4, -0.2) is 15.5 Å². The van der Waals surface area contributed by atoms with Crippen molar-refractivity contribution in [3.63, 3.8) is 0 Å². The minimum Gasteiger partial charge on any atom is -0.380 e. The molecule has 0 unspecified atom stereocenters. The maximum atomic E-state index is 12.5. The van der Waals surface area contributed by atoms with Gasteiger partial charge in [-0.2, -0.15) is 0 Å². The number of benzene rings is 2.